The second-order valence-electron chi connectivity index (χ2n) is 7.60. The highest BCUT2D eigenvalue weighted by Crippen LogP contribution is 2.25. The third-order valence-corrected chi connectivity index (χ3v) is 6.02. The number of carbonyl (C=O) groups is 1. The monoisotopic (exact) mass is 496 g/mol. The second kappa shape index (κ2) is 8.76. The fourth-order valence-electron chi connectivity index (χ4n) is 3.75. The van der Waals surface area contributed by atoms with Gasteiger partial charge in [0.05, 0.1) is 13.7 Å². The van der Waals surface area contributed by atoms with Crippen LogP contribution in [0.25, 0.3) is 22.4 Å². The van der Waals surface area contributed by atoms with E-state index in [4.69, 9.17) is 13.7 Å². The molecular formula is C23H21BrN4O4. The van der Waals surface area contributed by atoms with E-state index in [1.165, 1.54) is 0 Å². The average Bonchev–Trinajstić information content (AvgIpc) is 3.46. The van der Waals surface area contributed by atoms with Crippen LogP contribution in [0.1, 0.15) is 16.4 Å². The molecule has 1 saturated heterocycles. The van der Waals surface area contributed by atoms with Gasteiger partial charge in [0.15, 0.2) is 5.76 Å². The van der Waals surface area contributed by atoms with Crippen LogP contribution in [-0.2, 0) is 6.54 Å². The standard InChI is InChI=1S/C23H21BrN4O4/c1-30-18-5-2-15(3-6-18)22-25-21(32-26-22)14-27-8-10-28(11-9-27)23(29)20-13-16-12-17(24)4-7-19(16)31-20/h2-7,12-13H,8-11,14H2,1H3. The molecule has 0 unspecified atom stereocenters. The Bertz CT molecular complexity index is 1240. The minimum atomic E-state index is -0.0865. The number of hydrogen-bond acceptors (Lipinski definition) is 7. The van der Waals surface area contributed by atoms with Crippen LogP contribution in [-0.4, -0.2) is 59.1 Å². The molecule has 9 heteroatoms. The van der Waals surface area contributed by atoms with Crippen molar-refractivity contribution in [2.24, 2.45) is 0 Å². The Morgan fingerprint density at radius 3 is 2.62 bits per heavy atom. The summed E-state index contributed by atoms with van der Waals surface area (Å²) in [5, 5.41) is 4.99. The number of ether oxygens (including phenoxy) is 1. The number of halogens is 1. The van der Waals surface area contributed by atoms with Gasteiger partial charge in [-0.3, -0.25) is 9.69 Å². The van der Waals surface area contributed by atoms with Gasteiger partial charge in [-0.05, 0) is 48.5 Å². The molecule has 0 bridgehead atoms. The highest BCUT2D eigenvalue weighted by Gasteiger charge is 2.25. The Balaban J connectivity index is 1.18. The summed E-state index contributed by atoms with van der Waals surface area (Å²) >= 11 is 3.44. The van der Waals surface area contributed by atoms with Gasteiger partial charge in [0.1, 0.15) is 11.3 Å². The molecule has 32 heavy (non-hydrogen) atoms. The quantitative estimate of drug-likeness (QED) is 0.409. The Kier molecular flexibility index (Phi) is 5.67. The summed E-state index contributed by atoms with van der Waals surface area (Å²) in [6, 6.07) is 15.0. The first-order valence-corrected chi connectivity index (χ1v) is 11.1. The SMILES string of the molecule is COc1ccc(-c2noc(CN3CCN(C(=O)c4cc5cc(Br)ccc5o4)CC3)n2)cc1. The number of nitrogens with zero attached hydrogens (tertiary/aromatic N) is 4. The zero-order valence-electron chi connectivity index (χ0n) is 17.5. The van der Waals surface area contributed by atoms with Crippen LogP contribution < -0.4 is 4.74 Å². The molecule has 1 aliphatic rings. The lowest BCUT2D eigenvalue weighted by molar-refractivity contribution is 0.0587. The number of furan rings is 1. The highest BCUT2D eigenvalue weighted by molar-refractivity contribution is 9.10. The summed E-state index contributed by atoms with van der Waals surface area (Å²) in [6.45, 7) is 3.21. The number of piperazine rings is 1. The normalized spacial score (nSPS) is 14.8. The molecule has 8 nitrogen and oxygen atoms in total. The lowest BCUT2D eigenvalue weighted by Crippen LogP contribution is -2.48. The molecule has 0 radical (unpaired) electrons. The minimum Gasteiger partial charge on any atom is -0.497 e. The maximum Gasteiger partial charge on any atom is 0.289 e. The number of rotatable bonds is 5. The zero-order valence-corrected chi connectivity index (χ0v) is 19.0. The summed E-state index contributed by atoms with van der Waals surface area (Å²) in [4.78, 5) is 21.4. The summed E-state index contributed by atoms with van der Waals surface area (Å²) in [5.74, 6) is 2.16. The van der Waals surface area contributed by atoms with E-state index in [0.717, 1.165) is 34.3 Å². The zero-order chi connectivity index (χ0) is 22.1. The molecule has 3 heterocycles. The fourth-order valence-corrected chi connectivity index (χ4v) is 4.13. The molecule has 0 saturated carbocycles. The first-order valence-electron chi connectivity index (χ1n) is 10.3. The Hall–Kier alpha value is -3.17. The average molecular weight is 497 g/mol. The van der Waals surface area contributed by atoms with Crippen molar-refractivity contribution in [2.75, 3.05) is 33.3 Å². The number of amides is 1. The van der Waals surface area contributed by atoms with Crippen LogP contribution in [0.5, 0.6) is 5.75 Å². The first kappa shape index (κ1) is 20.7. The predicted molar refractivity (Wildman–Crippen MR) is 121 cm³/mol. The summed E-state index contributed by atoms with van der Waals surface area (Å²) in [5.41, 5.74) is 1.58. The molecule has 2 aromatic carbocycles. The highest BCUT2D eigenvalue weighted by atomic mass is 79.9. The number of fused-ring (bicyclic) bond motifs is 1. The Labute approximate surface area is 192 Å². The topological polar surface area (TPSA) is 84.8 Å². The molecule has 1 aliphatic heterocycles. The summed E-state index contributed by atoms with van der Waals surface area (Å²) in [6.07, 6.45) is 0. The van der Waals surface area contributed by atoms with Crippen LogP contribution in [0.15, 0.2) is 61.9 Å². The maximum absolute atomic E-state index is 12.9. The molecule has 0 N–H and O–H groups in total. The van der Waals surface area contributed by atoms with Crippen LogP contribution >= 0.6 is 15.9 Å². The first-order chi connectivity index (χ1) is 15.6. The molecule has 1 amide bonds. The van der Waals surface area contributed by atoms with Crippen molar-refractivity contribution in [1.82, 2.24) is 19.9 Å². The van der Waals surface area contributed by atoms with E-state index in [-0.39, 0.29) is 5.91 Å². The number of hydrogen-bond donors (Lipinski definition) is 0. The number of benzene rings is 2. The van der Waals surface area contributed by atoms with Gasteiger partial charge in [-0.25, -0.2) is 0 Å². The lowest BCUT2D eigenvalue weighted by atomic mass is 10.2. The van der Waals surface area contributed by atoms with Gasteiger partial charge < -0.3 is 18.6 Å². The van der Waals surface area contributed by atoms with E-state index in [0.29, 0.717) is 42.7 Å². The van der Waals surface area contributed by atoms with Gasteiger partial charge in [-0.1, -0.05) is 21.1 Å². The number of aromatic nitrogens is 2. The van der Waals surface area contributed by atoms with Crippen molar-refractivity contribution in [2.45, 2.75) is 6.54 Å². The third kappa shape index (κ3) is 4.26. The molecule has 164 valence electrons. The molecule has 1 fully saturated rings. The fraction of sp³-hybridized carbons (Fsp3) is 0.261. The van der Waals surface area contributed by atoms with E-state index in [2.05, 4.69) is 31.0 Å². The molecule has 2 aromatic heterocycles. The van der Waals surface area contributed by atoms with E-state index < -0.39 is 0 Å². The van der Waals surface area contributed by atoms with Crippen molar-refractivity contribution >= 4 is 32.8 Å². The van der Waals surface area contributed by atoms with Crippen molar-refractivity contribution in [3.05, 3.63) is 64.7 Å². The van der Waals surface area contributed by atoms with Gasteiger partial charge in [0, 0.05) is 41.6 Å². The molecule has 0 spiro atoms. The van der Waals surface area contributed by atoms with Crippen LogP contribution in [0.4, 0.5) is 0 Å². The largest absolute Gasteiger partial charge is 0.497 e. The molecule has 0 aliphatic carbocycles. The van der Waals surface area contributed by atoms with Gasteiger partial charge >= 0.3 is 0 Å². The van der Waals surface area contributed by atoms with E-state index in [1.54, 1.807) is 13.2 Å². The summed E-state index contributed by atoms with van der Waals surface area (Å²) in [7, 11) is 1.63. The van der Waals surface area contributed by atoms with E-state index >= 15 is 0 Å². The van der Waals surface area contributed by atoms with E-state index in [1.807, 2.05) is 47.4 Å². The molecule has 4 aromatic rings. The molecule has 0 atom stereocenters. The van der Waals surface area contributed by atoms with Crippen molar-refractivity contribution in [1.29, 1.82) is 0 Å². The minimum absolute atomic E-state index is 0.0865. The number of methoxy groups -OCH3 is 1. The third-order valence-electron chi connectivity index (χ3n) is 5.52. The Morgan fingerprint density at radius 2 is 1.88 bits per heavy atom. The lowest BCUT2D eigenvalue weighted by Gasteiger charge is -2.33. The van der Waals surface area contributed by atoms with Crippen LogP contribution in [0.3, 0.4) is 0 Å². The molecule has 5 rings (SSSR count). The van der Waals surface area contributed by atoms with Gasteiger partial charge in [0.2, 0.25) is 11.7 Å². The van der Waals surface area contributed by atoms with Gasteiger partial charge in [-0.2, -0.15) is 4.98 Å². The smallest absolute Gasteiger partial charge is 0.289 e. The van der Waals surface area contributed by atoms with Gasteiger partial charge in [0.25, 0.3) is 5.91 Å². The number of carbonyl (C=O) groups excluding carboxylic acids is 1. The van der Waals surface area contributed by atoms with Gasteiger partial charge in [-0.15, -0.1) is 0 Å². The van der Waals surface area contributed by atoms with Crippen molar-refractivity contribution < 1.29 is 18.5 Å². The maximum atomic E-state index is 12.9. The second-order valence-corrected chi connectivity index (χ2v) is 8.52. The predicted octanol–water partition coefficient (Wildman–Crippen LogP) is 4.21. The van der Waals surface area contributed by atoms with E-state index in [9.17, 15) is 4.79 Å². The Morgan fingerprint density at radius 1 is 1.09 bits per heavy atom. The molecular weight excluding hydrogens is 476 g/mol. The van der Waals surface area contributed by atoms with Crippen molar-refractivity contribution in [3.8, 4) is 17.1 Å². The van der Waals surface area contributed by atoms with Crippen molar-refractivity contribution in [3.63, 3.8) is 0 Å². The van der Waals surface area contributed by atoms with Crippen LogP contribution in [0.2, 0.25) is 0 Å². The van der Waals surface area contributed by atoms with Crippen LogP contribution in [0, 0.1) is 0 Å². The summed E-state index contributed by atoms with van der Waals surface area (Å²) < 4.78 is 17.3.